The number of benzene rings is 2. The maximum atomic E-state index is 12.3. The number of para-hydroxylation sites is 1. The summed E-state index contributed by atoms with van der Waals surface area (Å²) < 4.78 is 10.7. The molecule has 0 aromatic heterocycles. The van der Waals surface area contributed by atoms with Gasteiger partial charge in [0.1, 0.15) is 17.5 Å². The number of hydrazine groups is 1. The van der Waals surface area contributed by atoms with Gasteiger partial charge in [0.2, 0.25) is 0 Å². The summed E-state index contributed by atoms with van der Waals surface area (Å²) in [7, 11) is 1.64. The number of hydrogen-bond acceptors (Lipinski definition) is 6. The van der Waals surface area contributed by atoms with Gasteiger partial charge >= 0.3 is 0 Å². The molecule has 0 spiro atoms. The van der Waals surface area contributed by atoms with Crippen molar-refractivity contribution in [3.05, 3.63) is 59.7 Å². The van der Waals surface area contributed by atoms with E-state index in [4.69, 9.17) is 9.47 Å². The topological polar surface area (TPSA) is 84.0 Å². The van der Waals surface area contributed by atoms with Gasteiger partial charge in [-0.05, 0) is 43.2 Å². The number of methoxy groups -OCH3 is 1. The van der Waals surface area contributed by atoms with E-state index in [1.54, 1.807) is 13.3 Å². The molecule has 2 aromatic carbocycles. The van der Waals surface area contributed by atoms with Crippen LogP contribution >= 0.6 is 0 Å². The Labute approximate surface area is 158 Å². The van der Waals surface area contributed by atoms with Gasteiger partial charge in [-0.25, -0.2) is 16.3 Å². The summed E-state index contributed by atoms with van der Waals surface area (Å²) in [5, 5.41) is 4.06. The van der Waals surface area contributed by atoms with Gasteiger partial charge in [-0.1, -0.05) is 24.3 Å². The number of rotatable bonds is 7. The number of nitrogens with zero attached hydrogens (tertiary/aromatic N) is 1. The van der Waals surface area contributed by atoms with Crippen molar-refractivity contribution in [2.45, 2.75) is 25.4 Å². The Hall–Kier alpha value is -2.90. The number of carbonyl (C=O) groups is 1. The second-order valence-electron chi connectivity index (χ2n) is 6.11. The molecule has 142 valence electrons. The molecule has 27 heavy (non-hydrogen) atoms. The summed E-state index contributed by atoms with van der Waals surface area (Å²) in [5.41, 5.74) is 10.7. The molecule has 0 bridgehead atoms. The summed E-state index contributed by atoms with van der Waals surface area (Å²) in [6.07, 6.45) is 2.22. The minimum atomic E-state index is -0.364. The molecule has 2 aromatic rings. The zero-order valence-electron chi connectivity index (χ0n) is 15.4. The van der Waals surface area contributed by atoms with Crippen LogP contribution in [0.1, 0.15) is 30.5 Å². The van der Waals surface area contributed by atoms with E-state index in [1.807, 2.05) is 55.5 Å². The highest BCUT2D eigenvalue weighted by Gasteiger charge is 2.30. The molecule has 1 amide bonds. The first-order valence-corrected chi connectivity index (χ1v) is 8.91. The molecule has 2 unspecified atom stereocenters. The van der Waals surface area contributed by atoms with Crippen molar-refractivity contribution in [2.24, 2.45) is 5.10 Å². The normalized spacial score (nSPS) is 19.2. The largest absolute Gasteiger partial charge is 0.497 e. The number of amides is 1. The summed E-state index contributed by atoms with van der Waals surface area (Å²) in [4.78, 5) is 12.3. The minimum absolute atomic E-state index is 0.0503. The van der Waals surface area contributed by atoms with Gasteiger partial charge in [0.05, 0.1) is 19.9 Å². The highest BCUT2D eigenvalue weighted by molar-refractivity contribution is 5.86. The van der Waals surface area contributed by atoms with Crippen molar-refractivity contribution in [1.29, 1.82) is 0 Å². The Morgan fingerprint density at radius 3 is 2.74 bits per heavy atom. The van der Waals surface area contributed by atoms with Gasteiger partial charge in [-0.3, -0.25) is 4.79 Å². The third-order valence-corrected chi connectivity index (χ3v) is 4.34. The average molecular weight is 368 g/mol. The molecule has 2 atom stereocenters. The van der Waals surface area contributed by atoms with E-state index < -0.39 is 0 Å². The van der Waals surface area contributed by atoms with Crippen LogP contribution in [0.15, 0.2) is 53.6 Å². The van der Waals surface area contributed by atoms with Crippen molar-refractivity contribution in [3.63, 3.8) is 0 Å². The quantitative estimate of drug-likeness (QED) is 0.515. The van der Waals surface area contributed by atoms with Crippen LogP contribution < -0.4 is 25.8 Å². The maximum absolute atomic E-state index is 12.3. The maximum Gasteiger partial charge on any atom is 0.258 e. The third kappa shape index (κ3) is 4.84. The van der Waals surface area contributed by atoms with Crippen molar-refractivity contribution in [2.75, 3.05) is 13.7 Å². The molecule has 1 heterocycles. The predicted octanol–water partition coefficient (Wildman–Crippen LogP) is 2.15. The van der Waals surface area contributed by atoms with Crippen LogP contribution in [0.5, 0.6) is 11.5 Å². The van der Waals surface area contributed by atoms with Gasteiger partial charge in [0.15, 0.2) is 0 Å². The Balaban J connectivity index is 1.54. The molecular weight excluding hydrogens is 344 g/mol. The van der Waals surface area contributed by atoms with Gasteiger partial charge in [-0.2, -0.15) is 5.10 Å². The number of hydrogen-bond donors (Lipinski definition) is 3. The molecule has 1 fully saturated rings. The van der Waals surface area contributed by atoms with E-state index in [-0.39, 0.29) is 18.0 Å². The number of carbonyl (C=O) groups excluding carboxylic acids is 1. The first-order valence-electron chi connectivity index (χ1n) is 8.91. The fourth-order valence-corrected chi connectivity index (χ4v) is 2.90. The fourth-order valence-electron chi connectivity index (χ4n) is 2.90. The lowest BCUT2D eigenvalue weighted by molar-refractivity contribution is -0.122. The SMILES string of the molecule is CCOc1ccccc1/C=N/NC(=O)C1CC(c2ccc(OC)cc2)NN1. The van der Waals surface area contributed by atoms with Crippen LogP contribution in [0.4, 0.5) is 0 Å². The number of ether oxygens (including phenoxy) is 2. The Morgan fingerprint density at radius 2 is 2.00 bits per heavy atom. The highest BCUT2D eigenvalue weighted by atomic mass is 16.5. The third-order valence-electron chi connectivity index (χ3n) is 4.34. The van der Waals surface area contributed by atoms with E-state index in [2.05, 4.69) is 21.4 Å². The monoisotopic (exact) mass is 368 g/mol. The minimum Gasteiger partial charge on any atom is -0.497 e. The molecule has 1 aliphatic heterocycles. The predicted molar refractivity (Wildman–Crippen MR) is 104 cm³/mol. The second kappa shape index (κ2) is 9.16. The van der Waals surface area contributed by atoms with Crippen molar-refractivity contribution >= 4 is 12.1 Å². The van der Waals surface area contributed by atoms with Crippen LogP contribution in [-0.4, -0.2) is 31.9 Å². The van der Waals surface area contributed by atoms with Gasteiger partial charge < -0.3 is 9.47 Å². The highest BCUT2D eigenvalue weighted by Crippen LogP contribution is 2.24. The lowest BCUT2D eigenvalue weighted by Crippen LogP contribution is -2.41. The zero-order chi connectivity index (χ0) is 19.1. The van der Waals surface area contributed by atoms with E-state index >= 15 is 0 Å². The Morgan fingerprint density at radius 1 is 1.22 bits per heavy atom. The molecule has 7 nitrogen and oxygen atoms in total. The smallest absolute Gasteiger partial charge is 0.258 e. The van der Waals surface area contributed by atoms with Crippen LogP contribution in [0.2, 0.25) is 0 Å². The molecule has 7 heteroatoms. The first kappa shape index (κ1) is 18.9. The van der Waals surface area contributed by atoms with Crippen molar-refractivity contribution in [1.82, 2.24) is 16.3 Å². The summed E-state index contributed by atoms with van der Waals surface area (Å²) in [5.74, 6) is 1.35. The molecule has 0 aliphatic carbocycles. The summed E-state index contributed by atoms with van der Waals surface area (Å²) >= 11 is 0. The molecule has 0 saturated carbocycles. The number of hydrazone groups is 1. The van der Waals surface area contributed by atoms with Gasteiger partial charge in [0, 0.05) is 11.6 Å². The molecule has 1 aliphatic rings. The lowest BCUT2D eigenvalue weighted by Gasteiger charge is -2.10. The van der Waals surface area contributed by atoms with E-state index in [0.29, 0.717) is 13.0 Å². The van der Waals surface area contributed by atoms with Crippen LogP contribution in [0, 0.1) is 0 Å². The van der Waals surface area contributed by atoms with Crippen molar-refractivity contribution < 1.29 is 14.3 Å². The van der Waals surface area contributed by atoms with E-state index in [9.17, 15) is 4.79 Å². The van der Waals surface area contributed by atoms with Crippen LogP contribution in [0.25, 0.3) is 0 Å². The average Bonchev–Trinajstić information content (AvgIpc) is 3.20. The molecule has 1 saturated heterocycles. The van der Waals surface area contributed by atoms with Gasteiger partial charge in [-0.15, -0.1) is 0 Å². The first-order chi connectivity index (χ1) is 13.2. The molecular formula is C20H24N4O3. The Bertz CT molecular complexity index is 792. The van der Waals surface area contributed by atoms with Crippen LogP contribution in [0.3, 0.4) is 0 Å². The molecule has 0 radical (unpaired) electrons. The molecule has 3 N–H and O–H groups in total. The fraction of sp³-hybridized carbons (Fsp3) is 0.300. The number of nitrogens with one attached hydrogen (secondary N) is 3. The summed E-state index contributed by atoms with van der Waals surface area (Å²) in [6, 6.07) is 15.0. The van der Waals surface area contributed by atoms with Crippen LogP contribution in [-0.2, 0) is 4.79 Å². The standard InChI is InChI=1S/C20H24N4O3/c1-3-27-19-7-5-4-6-15(19)13-21-24-20(25)18-12-17(22-23-18)14-8-10-16(26-2)11-9-14/h4-11,13,17-18,22-23H,3,12H2,1-2H3,(H,24,25)/b21-13+. The Kier molecular flexibility index (Phi) is 6.40. The second-order valence-corrected chi connectivity index (χ2v) is 6.11. The molecule has 3 rings (SSSR count). The summed E-state index contributed by atoms with van der Waals surface area (Å²) in [6.45, 7) is 2.50. The van der Waals surface area contributed by atoms with Gasteiger partial charge in [0.25, 0.3) is 5.91 Å². The van der Waals surface area contributed by atoms with E-state index in [0.717, 1.165) is 22.6 Å². The van der Waals surface area contributed by atoms with E-state index in [1.165, 1.54) is 0 Å². The van der Waals surface area contributed by atoms with Crippen molar-refractivity contribution in [3.8, 4) is 11.5 Å². The lowest BCUT2D eigenvalue weighted by atomic mass is 10.0. The zero-order valence-corrected chi connectivity index (χ0v) is 15.4.